The molecule has 2 aromatic rings. The van der Waals surface area contributed by atoms with Crippen LogP contribution in [0.15, 0.2) is 23.2 Å². The molecule has 0 N–H and O–H groups in total. The van der Waals surface area contributed by atoms with Crippen molar-refractivity contribution in [2.24, 2.45) is 0 Å². The van der Waals surface area contributed by atoms with Crippen molar-refractivity contribution in [2.45, 2.75) is 12.7 Å². The number of aromatic nitrogens is 4. The molecule has 0 saturated carbocycles. The molecule has 0 aliphatic carbocycles. The van der Waals surface area contributed by atoms with E-state index in [1.165, 1.54) is 12.3 Å². The lowest BCUT2D eigenvalue weighted by atomic mass is 10.4. The van der Waals surface area contributed by atoms with Gasteiger partial charge < -0.3 is 4.52 Å². The summed E-state index contributed by atoms with van der Waals surface area (Å²) >= 11 is 0. The SMILES string of the molecule is FC(F)(F)Cn1nccc1-c1ncon1. The summed E-state index contributed by atoms with van der Waals surface area (Å²) in [6, 6.07) is 1.39. The molecule has 2 aromatic heterocycles. The van der Waals surface area contributed by atoms with Crippen molar-refractivity contribution < 1.29 is 17.7 Å². The molecule has 0 aliphatic heterocycles. The number of halogens is 3. The fourth-order valence-corrected chi connectivity index (χ4v) is 1.10. The molecule has 8 heteroatoms. The van der Waals surface area contributed by atoms with Gasteiger partial charge in [-0.1, -0.05) is 5.16 Å². The third-order valence-electron chi connectivity index (χ3n) is 1.64. The molecule has 0 spiro atoms. The molecule has 5 nitrogen and oxygen atoms in total. The van der Waals surface area contributed by atoms with Crippen LogP contribution in [0.2, 0.25) is 0 Å². The van der Waals surface area contributed by atoms with Crippen LogP contribution in [0.5, 0.6) is 0 Å². The van der Waals surface area contributed by atoms with E-state index in [0.29, 0.717) is 0 Å². The summed E-state index contributed by atoms with van der Waals surface area (Å²) in [6.07, 6.45) is -2.04. The van der Waals surface area contributed by atoms with Crippen LogP contribution in [0.4, 0.5) is 13.2 Å². The second kappa shape index (κ2) is 3.37. The Morgan fingerprint density at radius 1 is 1.40 bits per heavy atom. The van der Waals surface area contributed by atoms with Crippen LogP contribution in [0.25, 0.3) is 11.5 Å². The quantitative estimate of drug-likeness (QED) is 0.766. The summed E-state index contributed by atoms with van der Waals surface area (Å²) in [7, 11) is 0. The van der Waals surface area contributed by atoms with Gasteiger partial charge in [0.2, 0.25) is 12.2 Å². The van der Waals surface area contributed by atoms with Crippen molar-refractivity contribution in [3.63, 3.8) is 0 Å². The zero-order valence-corrected chi connectivity index (χ0v) is 7.27. The van der Waals surface area contributed by atoms with E-state index in [2.05, 4.69) is 19.8 Å². The molecular weight excluding hydrogens is 213 g/mol. The first-order valence-corrected chi connectivity index (χ1v) is 3.91. The van der Waals surface area contributed by atoms with Crippen molar-refractivity contribution in [3.05, 3.63) is 18.7 Å². The van der Waals surface area contributed by atoms with Crippen molar-refractivity contribution in [2.75, 3.05) is 0 Å². The standard InChI is InChI=1S/C7H5F3N4O/c8-7(9,10)3-14-5(1-2-12-14)6-11-4-15-13-6/h1-2,4H,3H2. The van der Waals surface area contributed by atoms with Gasteiger partial charge in [0.25, 0.3) is 0 Å². The van der Waals surface area contributed by atoms with E-state index >= 15 is 0 Å². The average molecular weight is 218 g/mol. The Hall–Kier alpha value is -1.86. The van der Waals surface area contributed by atoms with E-state index in [4.69, 9.17) is 0 Å². The maximum absolute atomic E-state index is 12.1. The Morgan fingerprint density at radius 2 is 2.20 bits per heavy atom. The summed E-state index contributed by atoms with van der Waals surface area (Å²) in [5, 5.41) is 6.97. The van der Waals surface area contributed by atoms with E-state index in [1.807, 2.05) is 0 Å². The van der Waals surface area contributed by atoms with Gasteiger partial charge in [-0.3, -0.25) is 4.68 Å². The maximum Gasteiger partial charge on any atom is 0.408 e. The number of hydrogen-bond donors (Lipinski definition) is 0. The van der Waals surface area contributed by atoms with Crippen LogP contribution < -0.4 is 0 Å². The second-order valence-electron chi connectivity index (χ2n) is 2.74. The van der Waals surface area contributed by atoms with Crippen molar-refractivity contribution in [1.29, 1.82) is 0 Å². The Bertz CT molecular complexity index is 433. The first-order valence-electron chi connectivity index (χ1n) is 3.91. The van der Waals surface area contributed by atoms with Gasteiger partial charge in [-0.05, 0) is 6.07 Å². The molecule has 2 rings (SSSR count). The predicted molar refractivity (Wildman–Crippen MR) is 41.6 cm³/mol. The monoisotopic (exact) mass is 218 g/mol. The van der Waals surface area contributed by atoms with Gasteiger partial charge in [0.1, 0.15) is 12.2 Å². The molecule has 0 aliphatic rings. The molecule has 0 unspecified atom stereocenters. The van der Waals surface area contributed by atoms with E-state index in [9.17, 15) is 13.2 Å². The van der Waals surface area contributed by atoms with Crippen LogP contribution in [0.3, 0.4) is 0 Å². The fraction of sp³-hybridized carbons (Fsp3) is 0.286. The second-order valence-corrected chi connectivity index (χ2v) is 2.74. The lowest BCUT2D eigenvalue weighted by Crippen LogP contribution is -2.19. The molecule has 0 amide bonds. The van der Waals surface area contributed by atoms with Crippen LogP contribution >= 0.6 is 0 Å². The maximum atomic E-state index is 12.1. The number of nitrogens with zero attached hydrogens (tertiary/aromatic N) is 4. The lowest BCUT2D eigenvalue weighted by molar-refractivity contribution is -0.142. The highest BCUT2D eigenvalue weighted by atomic mass is 19.4. The molecule has 0 radical (unpaired) electrons. The van der Waals surface area contributed by atoms with Gasteiger partial charge in [0.15, 0.2) is 0 Å². The normalized spacial score (nSPS) is 11.9. The third kappa shape index (κ3) is 2.14. The molecule has 2 heterocycles. The summed E-state index contributed by atoms with van der Waals surface area (Å²) in [5.74, 6) is 0.0803. The minimum absolute atomic E-state index is 0.0803. The van der Waals surface area contributed by atoms with Crippen LogP contribution in [0.1, 0.15) is 0 Å². The summed E-state index contributed by atoms with van der Waals surface area (Å²) < 4.78 is 41.6. The van der Waals surface area contributed by atoms with Crippen LogP contribution in [0, 0.1) is 0 Å². The Morgan fingerprint density at radius 3 is 2.80 bits per heavy atom. The Kier molecular flexibility index (Phi) is 2.18. The topological polar surface area (TPSA) is 56.7 Å². The average Bonchev–Trinajstić information content (AvgIpc) is 2.68. The van der Waals surface area contributed by atoms with Gasteiger partial charge in [-0.15, -0.1) is 0 Å². The van der Waals surface area contributed by atoms with Gasteiger partial charge in [-0.25, -0.2) is 0 Å². The number of rotatable bonds is 2. The number of hydrogen-bond acceptors (Lipinski definition) is 4. The fourth-order valence-electron chi connectivity index (χ4n) is 1.10. The molecule has 15 heavy (non-hydrogen) atoms. The van der Waals surface area contributed by atoms with Crippen LogP contribution in [-0.4, -0.2) is 26.1 Å². The van der Waals surface area contributed by atoms with E-state index < -0.39 is 12.7 Å². The highest BCUT2D eigenvalue weighted by Crippen LogP contribution is 2.21. The molecule has 0 fully saturated rings. The zero-order valence-electron chi connectivity index (χ0n) is 7.27. The van der Waals surface area contributed by atoms with Crippen molar-refractivity contribution in [3.8, 4) is 11.5 Å². The minimum atomic E-state index is -4.33. The predicted octanol–water partition coefficient (Wildman–Crippen LogP) is 1.50. The largest absolute Gasteiger partial charge is 0.408 e. The molecule has 0 saturated heterocycles. The van der Waals surface area contributed by atoms with Gasteiger partial charge >= 0.3 is 6.18 Å². The molecule has 0 aromatic carbocycles. The zero-order chi connectivity index (χ0) is 10.9. The number of alkyl halides is 3. The van der Waals surface area contributed by atoms with Gasteiger partial charge in [0.05, 0.1) is 0 Å². The minimum Gasteiger partial charge on any atom is -0.342 e. The van der Waals surface area contributed by atoms with E-state index in [0.717, 1.165) is 11.1 Å². The van der Waals surface area contributed by atoms with Gasteiger partial charge in [0, 0.05) is 6.20 Å². The smallest absolute Gasteiger partial charge is 0.342 e. The van der Waals surface area contributed by atoms with Crippen LogP contribution in [-0.2, 0) is 6.54 Å². The molecular formula is C7H5F3N4O. The Balaban J connectivity index is 2.31. The molecule has 0 atom stereocenters. The Labute approximate surface area is 81.5 Å². The lowest BCUT2D eigenvalue weighted by Gasteiger charge is -2.07. The first kappa shape index (κ1) is 9.69. The van der Waals surface area contributed by atoms with E-state index in [1.54, 1.807) is 0 Å². The summed E-state index contributed by atoms with van der Waals surface area (Å²) in [5.41, 5.74) is 0.168. The highest BCUT2D eigenvalue weighted by molar-refractivity contribution is 5.47. The first-order chi connectivity index (χ1) is 7.06. The van der Waals surface area contributed by atoms with Crippen molar-refractivity contribution in [1.82, 2.24) is 19.9 Å². The van der Waals surface area contributed by atoms with Gasteiger partial charge in [-0.2, -0.15) is 23.3 Å². The summed E-state index contributed by atoms with van der Waals surface area (Å²) in [4.78, 5) is 3.64. The molecule has 80 valence electrons. The summed E-state index contributed by atoms with van der Waals surface area (Å²) in [6.45, 7) is -1.18. The van der Waals surface area contributed by atoms with E-state index in [-0.39, 0.29) is 11.5 Å². The van der Waals surface area contributed by atoms with Crippen molar-refractivity contribution >= 4 is 0 Å². The molecule has 0 bridgehead atoms. The third-order valence-corrected chi connectivity index (χ3v) is 1.64. The highest BCUT2D eigenvalue weighted by Gasteiger charge is 2.30.